The van der Waals surface area contributed by atoms with Crippen molar-refractivity contribution in [1.29, 1.82) is 0 Å². The second-order valence-corrected chi connectivity index (χ2v) is 5.11. The molecule has 1 atom stereocenters. The number of ether oxygens (including phenoxy) is 1. The fourth-order valence-electron chi connectivity index (χ4n) is 2.12. The van der Waals surface area contributed by atoms with Gasteiger partial charge >= 0.3 is 23.4 Å². The molecule has 0 bridgehead atoms. The number of nitrogen functional groups attached to an aromatic ring is 1. The number of benzene rings is 1. The number of anilines is 1. The number of amides is 1. The average Bonchev–Trinajstić information content (AvgIpc) is 2.86. The minimum absolute atomic E-state index is 0.0821. The summed E-state index contributed by atoms with van der Waals surface area (Å²) in [7, 11) is 0. The van der Waals surface area contributed by atoms with Crippen LogP contribution in [-0.2, 0) is 9.53 Å². The fourth-order valence-corrected chi connectivity index (χ4v) is 2.12. The molecule has 2 aromatic rings. The summed E-state index contributed by atoms with van der Waals surface area (Å²) in [6, 6.07) is 6.57. The molecule has 9 nitrogen and oxygen atoms in total. The first-order valence-corrected chi connectivity index (χ1v) is 7.30. The molecule has 0 fully saturated rings. The van der Waals surface area contributed by atoms with Gasteiger partial charge in [-0.15, -0.1) is 0 Å². The minimum Gasteiger partial charge on any atom is -0.466 e. The van der Waals surface area contributed by atoms with Crippen LogP contribution in [-0.4, -0.2) is 23.6 Å². The quantitative estimate of drug-likeness (QED) is 0.584. The third-order valence-corrected chi connectivity index (χ3v) is 3.31. The monoisotopic (exact) mass is 334 g/mol. The predicted molar refractivity (Wildman–Crippen MR) is 82.5 cm³/mol. The first kappa shape index (κ1) is 17.3. The van der Waals surface area contributed by atoms with E-state index in [9.17, 15) is 14.8 Å². The van der Waals surface area contributed by atoms with Crippen LogP contribution in [0.4, 0.5) is 5.82 Å². The standard InChI is InChI=1S/C15H18N4O5/c1-3-23-12(20)8-11(10-6-4-9(2)5-7-10)17-15(21)13-14(16)18-24-19(13)22/h4-7,11H,3,8H2,1-2H3,(H2,16,18)(H,17,21). The van der Waals surface area contributed by atoms with E-state index in [1.807, 2.05) is 19.1 Å². The fraction of sp³-hybridized carbons (Fsp3) is 0.333. The second kappa shape index (κ2) is 7.44. The molecule has 0 saturated heterocycles. The molecule has 1 amide bonds. The molecule has 9 heteroatoms. The lowest BCUT2D eigenvalue weighted by atomic mass is 10.0. The van der Waals surface area contributed by atoms with Crippen molar-refractivity contribution < 1.29 is 23.9 Å². The van der Waals surface area contributed by atoms with Crippen LogP contribution in [0.25, 0.3) is 0 Å². The molecule has 0 saturated carbocycles. The molecule has 2 rings (SSSR count). The number of carbonyl (C=O) groups is 2. The number of nitrogens with zero attached hydrogens (tertiary/aromatic N) is 2. The molecule has 0 radical (unpaired) electrons. The molecule has 1 aromatic carbocycles. The molecule has 1 unspecified atom stereocenters. The van der Waals surface area contributed by atoms with E-state index in [0.717, 1.165) is 5.56 Å². The van der Waals surface area contributed by atoms with Crippen molar-refractivity contribution in [2.45, 2.75) is 26.3 Å². The zero-order chi connectivity index (χ0) is 17.7. The SMILES string of the molecule is CCOC(=O)CC(NC(=O)c1c(N)no[n+]1[O-])c1ccc(C)cc1. The number of carbonyl (C=O) groups excluding carboxylic acids is 2. The summed E-state index contributed by atoms with van der Waals surface area (Å²) < 4.78 is 9.20. The van der Waals surface area contributed by atoms with Crippen LogP contribution in [0, 0.1) is 12.1 Å². The maximum Gasteiger partial charge on any atom is 0.318 e. The normalized spacial score (nSPS) is 11.8. The van der Waals surface area contributed by atoms with Crippen molar-refractivity contribution in [1.82, 2.24) is 10.5 Å². The second-order valence-electron chi connectivity index (χ2n) is 5.11. The smallest absolute Gasteiger partial charge is 0.318 e. The largest absolute Gasteiger partial charge is 0.466 e. The highest BCUT2D eigenvalue weighted by atomic mass is 16.8. The highest BCUT2D eigenvalue weighted by molar-refractivity contribution is 5.95. The van der Waals surface area contributed by atoms with Gasteiger partial charge in [0.2, 0.25) is 0 Å². The Morgan fingerprint density at radius 3 is 2.62 bits per heavy atom. The Labute approximate surface area is 137 Å². The topological polar surface area (TPSA) is 134 Å². The summed E-state index contributed by atoms with van der Waals surface area (Å²) >= 11 is 0. The highest BCUT2D eigenvalue weighted by Gasteiger charge is 2.28. The first-order chi connectivity index (χ1) is 11.4. The van der Waals surface area contributed by atoms with Crippen molar-refractivity contribution in [2.24, 2.45) is 0 Å². The van der Waals surface area contributed by atoms with Crippen LogP contribution in [0.2, 0.25) is 0 Å². The Balaban J connectivity index is 2.23. The number of hydrogen-bond donors (Lipinski definition) is 2. The highest BCUT2D eigenvalue weighted by Crippen LogP contribution is 2.19. The zero-order valence-corrected chi connectivity index (χ0v) is 13.3. The van der Waals surface area contributed by atoms with Crippen LogP contribution >= 0.6 is 0 Å². The van der Waals surface area contributed by atoms with E-state index in [-0.39, 0.29) is 23.7 Å². The Morgan fingerprint density at radius 2 is 2.08 bits per heavy atom. The number of nitrogens with two attached hydrogens (primary N) is 1. The van der Waals surface area contributed by atoms with E-state index in [4.69, 9.17) is 10.5 Å². The van der Waals surface area contributed by atoms with E-state index in [1.165, 1.54) is 0 Å². The van der Waals surface area contributed by atoms with Crippen LogP contribution in [0.1, 0.15) is 41.0 Å². The van der Waals surface area contributed by atoms with E-state index < -0.39 is 23.6 Å². The zero-order valence-electron chi connectivity index (χ0n) is 13.3. The Bertz CT molecular complexity index is 706. The molecule has 0 aliphatic heterocycles. The van der Waals surface area contributed by atoms with E-state index in [1.54, 1.807) is 19.1 Å². The Morgan fingerprint density at radius 1 is 1.42 bits per heavy atom. The van der Waals surface area contributed by atoms with Crippen molar-refractivity contribution in [3.63, 3.8) is 0 Å². The van der Waals surface area contributed by atoms with Gasteiger partial charge in [-0.2, -0.15) is 0 Å². The summed E-state index contributed by atoms with van der Waals surface area (Å²) in [5.41, 5.74) is 6.70. The van der Waals surface area contributed by atoms with Crippen molar-refractivity contribution in [2.75, 3.05) is 12.3 Å². The van der Waals surface area contributed by atoms with Gasteiger partial charge in [0.25, 0.3) is 0 Å². The molecule has 128 valence electrons. The number of aryl methyl sites for hydroxylation is 1. The molecule has 0 spiro atoms. The number of hydrogen-bond acceptors (Lipinski definition) is 7. The average molecular weight is 334 g/mol. The Hall–Kier alpha value is -3.10. The number of aromatic nitrogens is 2. The lowest BCUT2D eigenvalue weighted by Gasteiger charge is -2.18. The number of esters is 1. The van der Waals surface area contributed by atoms with Crippen molar-refractivity contribution in [3.8, 4) is 0 Å². The predicted octanol–water partition coefficient (Wildman–Crippen LogP) is 0.623. The molecule has 0 aliphatic rings. The van der Waals surface area contributed by atoms with Gasteiger partial charge in [-0.3, -0.25) is 14.2 Å². The maximum absolute atomic E-state index is 12.3. The number of nitrogens with one attached hydrogen (secondary N) is 1. The molecular formula is C15H18N4O5. The number of rotatable bonds is 6. The van der Waals surface area contributed by atoms with E-state index >= 15 is 0 Å². The third-order valence-electron chi connectivity index (χ3n) is 3.31. The molecule has 0 aliphatic carbocycles. The summed E-state index contributed by atoms with van der Waals surface area (Å²) in [6.07, 6.45) is -0.0906. The maximum atomic E-state index is 12.3. The van der Waals surface area contributed by atoms with Crippen LogP contribution < -0.4 is 16.0 Å². The summed E-state index contributed by atoms with van der Waals surface area (Å²) in [5, 5.41) is 17.2. The van der Waals surface area contributed by atoms with Gasteiger partial charge in [-0.05, 0) is 24.3 Å². The van der Waals surface area contributed by atoms with Gasteiger partial charge in [0.05, 0.1) is 24.2 Å². The molecule has 1 aromatic heterocycles. The summed E-state index contributed by atoms with van der Waals surface area (Å²) in [6.45, 7) is 3.84. The minimum atomic E-state index is -0.793. The molecular weight excluding hydrogens is 316 g/mol. The van der Waals surface area contributed by atoms with Gasteiger partial charge in [0.15, 0.2) is 0 Å². The van der Waals surface area contributed by atoms with Gasteiger partial charge in [-0.25, -0.2) is 0 Å². The lowest BCUT2D eigenvalue weighted by Crippen LogP contribution is -2.39. The molecule has 1 heterocycles. The van der Waals surface area contributed by atoms with Crippen LogP contribution in [0.15, 0.2) is 28.9 Å². The van der Waals surface area contributed by atoms with E-state index in [2.05, 4.69) is 15.1 Å². The van der Waals surface area contributed by atoms with Gasteiger partial charge in [0, 0.05) is 0 Å². The summed E-state index contributed by atoms with van der Waals surface area (Å²) in [4.78, 5) is 24.0. The molecule has 24 heavy (non-hydrogen) atoms. The van der Waals surface area contributed by atoms with Crippen LogP contribution in [0.3, 0.4) is 0 Å². The Kier molecular flexibility index (Phi) is 5.35. The third kappa shape index (κ3) is 4.00. The lowest BCUT2D eigenvalue weighted by molar-refractivity contribution is -0.803. The molecule has 3 N–H and O–H groups in total. The van der Waals surface area contributed by atoms with Crippen molar-refractivity contribution in [3.05, 3.63) is 46.3 Å². The van der Waals surface area contributed by atoms with Gasteiger partial charge < -0.3 is 21.0 Å². The summed E-state index contributed by atoms with van der Waals surface area (Å²) in [5.74, 6) is -1.60. The van der Waals surface area contributed by atoms with Crippen molar-refractivity contribution >= 4 is 17.7 Å². The van der Waals surface area contributed by atoms with Gasteiger partial charge in [0.1, 0.15) is 0 Å². The van der Waals surface area contributed by atoms with Crippen LogP contribution in [0.5, 0.6) is 0 Å². The first-order valence-electron chi connectivity index (χ1n) is 7.30. The van der Waals surface area contributed by atoms with Gasteiger partial charge in [-0.1, -0.05) is 29.8 Å². The van der Waals surface area contributed by atoms with E-state index in [0.29, 0.717) is 5.56 Å².